The Bertz CT molecular complexity index is 1080. The third-order valence-electron chi connectivity index (χ3n) is 6.04. The maximum absolute atomic E-state index is 14.8. The Morgan fingerprint density at radius 2 is 2.06 bits per heavy atom. The summed E-state index contributed by atoms with van der Waals surface area (Å²) < 4.78 is 20.2. The zero-order valence-electron chi connectivity index (χ0n) is 20.0. The molecule has 0 radical (unpaired) electrons. The molecule has 34 heavy (non-hydrogen) atoms. The lowest BCUT2D eigenvalue weighted by Gasteiger charge is -2.43. The summed E-state index contributed by atoms with van der Waals surface area (Å²) in [6.07, 6.45) is 3.89. The molecule has 4 rings (SSSR count). The highest BCUT2D eigenvalue weighted by Gasteiger charge is 2.40. The van der Waals surface area contributed by atoms with Crippen molar-refractivity contribution in [2.45, 2.75) is 77.6 Å². The molecule has 1 aliphatic carbocycles. The zero-order valence-corrected chi connectivity index (χ0v) is 20.0. The number of aryl methyl sites for hydroxylation is 1. The van der Waals surface area contributed by atoms with Crippen LogP contribution in [-0.4, -0.2) is 39.8 Å². The van der Waals surface area contributed by atoms with Crippen LogP contribution in [0, 0.1) is 12.7 Å². The van der Waals surface area contributed by atoms with E-state index < -0.39 is 17.5 Å². The lowest BCUT2D eigenvalue weighted by Crippen LogP contribution is -2.55. The van der Waals surface area contributed by atoms with E-state index in [2.05, 4.69) is 15.3 Å². The van der Waals surface area contributed by atoms with Crippen LogP contribution < -0.4 is 20.9 Å². The third kappa shape index (κ3) is 4.90. The van der Waals surface area contributed by atoms with E-state index in [4.69, 9.17) is 10.5 Å². The average Bonchev–Trinajstić information content (AvgIpc) is 2.73. The van der Waals surface area contributed by atoms with Gasteiger partial charge in [-0.1, -0.05) is 12.1 Å². The number of alkyl carbamates (subject to hydrolysis) is 1. The van der Waals surface area contributed by atoms with Gasteiger partial charge in [-0.25, -0.2) is 19.0 Å². The second-order valence-corrected chi connectivity index (χ2v) is 9.88. The predicted molar refractivity (Wildman–Crippen MR) is 127 cm³/mol. The van der Waals surface area contributed by atoms with E-state index in [9.17, 15) is 14.0 Å². The molecule has 2 aromatic rings. The lowest BCUT2D eigenvalue weighted by molar-refractivity contribution is 0.0491. The summed E-state index contributed by atoms with van der Waals surface area (Å²) in [6, 6.07) is 3.93. The molecule has 0 bridgehead atoms. The number of halogens is 1. The molecule has 2 heterocycles. The number of nitrogens with zero attached hydrogens (tertiary/aromatic N) is 4. The first-order valence-corrected chi connectivity index (χ1v) is 11.5. The Kier molecular flexibility index (Phi) is 6.33. The van der Waals surface area contributed by atoms with E-state index >= 15 is 0 Å². The molecule has 2 aliphatic rings. The monoisotopic (exact) mass is 470 g/mol. The molecule has 2 atom stereocenters. The number of amides is 3. The van der Waals surface area contributed by atoms with E-state index in [0.29, 0.717) is 29.8 Å². The lowest BCUT2D eigenvalue weighted by atomic mass is 9.89. The summed E-state index contributed by atoms with van der Waals surface area (Å²) in [5, 5.41) is 2.93. The summed E-state index contributed by atoms with van der Waals surface area (Å²) in [5.74, 6) is 0.0261. The van der Waals surface area contributed by atoms with Gasteiger partial charge in [0.15, 0.2) is 0 Å². The zero-order chi connectivity index (χ0) is 24.6. The van der Waals surface area contributed by atoms with Gasteiger partial charge in [0, 0.05) is 23.8 Å². The number of carbonyl (C=O) groups excluding carboxylic acids is 2. The predicted octanol–water partition coefficient (Wildman–Crippen LogP) is 4.29. The van der Waals surface area contributed by atoms with Crippen molar-refractivity contribution in [3.8, 4) is 0 Å². The van der Waals surface area contributed by atoms with Gasteiger partial charge in [-0.3, -0.25) is 9.80 Å². The van der Waals surface area contributed by atoms with Crippen LogP contribution in [0.1, 0.15) is 57.6 Å². The van der Waals surface area contributed by atoms with Gasteiger partial charge in [0.05, 0.1) is 12.2 Å². The molecule has 0 spiro atoms. The van der Waals surface area contributed by atoms with Crippen LogP contribution in [0.3, 0.4) is 0 Å². The number of hydrogen-bond donors (Lipinski definition) is 2. The molecular formula is C24H31FN6O3. The van der Waals surface area contributed by atoms with Gasteiger partial charge >= 0.3 is 12.1 Å². The van der Waals surface area contributed by atoms with E-state index in [-0.39, 0.29) is 36.3 Å². The first-order chi connectivity index (χ1) is 16.0. The van der Waals surface area contributed by atoms with Crippen LogP contribution in [0.2, 0.25) is 0 Å². The Morgan fingerprint density at radius 3 is 2.76 bits per heavy atom. The number of benzene rings is 1. The number of ether oxygens (including phenoxy) is 1. The van der Waals surface area contributed by atoms with Gasteiger partial charge in [0.1, 0.15) is 17.2 Å². The number of urea groups is 1. The number of nitrogens with one attached hydrogen (secondary N) is 1. The molecule has 10 heteroatoms. The van der Waals surface area contributed by atoms with Crippen molar-refractivity contribution in [2.75, 3.05) is 15.5 Å². The van der Waals surface area contributed by atoms with Gasteiger partial charge in [0.2, 0.25) is 5.95 Å². The molecule has 1 fully saturated rings. The number of aromatic nitrogens is 2. The molecule has 9 nitrogen and oxygen atoms in total. The summed E-state index contributed by atoms with van der Waals surface area (Å²) in [6.45, 7) is 7.33. The topological polar surface area (TPSA) is 114 Å². The third-order valence-corrected chi connectivity index (χ3v) is 6.04. The molecule has 182 valence electrons. The molecule has 3 amide bonds. The summed E-state index contributed by atoms with van der Waals surface area (Å²) >= 11 is 0. The van der Waals surface area contributed by atoms with Crippen LogP contribution in [0.25, 0.3) is 0 Å². The highest BCUT2D eigenvalue weighted by Crippen LogP contribution is 2.37. The van der Waals surface area contributed by atoms with Crippen LogP contribution in [0.15, 0.2) is 24.4 Å². The Morgan fingerprint density at radius 1 is 1.29 bits per heavy atom. The minimum atomic E-state index is -0.605. The molecule has 1 aromatic carbocycles. The highest BCUT2D eigenvalue weighted by molar-refractivity contribution is 6.06. The molecule has 3 N–H and O–H groups in total. The van der Waals surface area contributed by atoms with Gasteiger partial charge < -0.3 is 15.8 Å². The molecule has 2 unspecified atom stereocenters. The number of carbonyl (C=O) groups is 2. The largest absolute Gasteiger partial charge is 0.444 e. The smallest absolute Gasteiger partial charge is 0.407 e. The van der Waals surface area contributed by atoms with Gasteiger partial charge in [-0.05, 0) is 65.0 Å². The van der Waals surface area contributed by atoms with E-state index in [1.165, 1.54) is 11.0 Å². The molecule has 0 saturated heterocycles. The van der Waals surface area contributed by atoms with Gasteiger partial charge in [-0.15, -0.1) is 0 Å². The van der Waals surface area contributed by atoms with Crippen molar-refractivity contribution >= 4 is 29.6 Å². The van der Waals surface area contributed by atoms with Crippen molar-refractivity contribution in [3.05, 3.63) is 41.3 Å². The standard InChI is InChI=1S/C24H31FN6O3/c1-14-7-5-10-18(25)19(14)30-13-15-12-27-21(26)29-20(15)31(23(30)33)17-9-6-8-16(11-17)28-22(32)34-24(2,3)4/h5,7,10,12,16-17H,6,8-9,11,13H2,1-4H3,(H,28,32)(H2,26,27,29). The molecule has 1 aliphatic heterocycles. The van der Waals surface area contributed by atoms with Crippen molar-refractivity contribution in [1.29, 1.82) is 0 Å². The van der Waals surface area contributed by atoms with Crippen molar-refractivity contribution in [1.82, 2.24) is 15.3 Å². The maximum Gasteiger partial charge on any atom is 0.407 e. The van der Waals surface area contributed by atoms with Crippen LogP contribution in [0.5, 0.6) is 0 Å². The number of nitrogen functional groups attached to an aromatic ring is 1. The van der Waals surface area contributed by atoms with Gasteiger partial charge in [-0.2, -0.15) is 4.98 Å². The molecular weight excluding hydrogens is 439 g/mol. The van der Waals surface area contributed by atoms with Crippen LogP contribution >= 0.6 is 0 Å². The fourth-order valence-corrected chi connectivity index (χ4v) is 4.66. The fraction of sp³-hybridized carbons (Fsp3) is 0.500. The highest BCUT2D eigenvalue weighted by atomic mass is 19.1. The number of rotatable bonds is 3. The number of anilines is 3. The molecule has 1 saturated carbocycles. The van der Waals surface area contributed by atoms with Crippen molar-refractivity contribution < 1.29 is 18.7 Å². The Labute approximate surface area is 198 Å². The Balaban J connectivity index is 1.65. The Hall–Kier alpha value is -3.43. The van der Waals surface area contributed by atoms with Gasteiger partial charge in [0.25, 0.3) is 0 Å². The normalized spacial score (nSPS) is 20.7. The molecule has 1 aromatic heterocycles. The van der Waals surface area contributed by atoms with E-state index in [1.807, 2.05) is 20.8 Å². The number of hydrogen-bond acceptors (Lipinski definition) is 6. The minimum Gasteiger partial charge on any atom is -0.444 e. The van der Waals surface area contributed by atoms with Crippen LogP contribution in [-0.2, 0) is 11.3 Å². The first kappa shape index (κ1) is 23.7. The first-order valence-electron chi connectivity index (χ1n) is 11.5. The fourth-order valence-electron chi connectivity index (χ4n) is 4.66. The van der Waals surface area contributed by atoms with Crippen LogP contribution in [0.4, 0.5) is 31.4 Å². The van der Waals surface area contributed by atoms with Crippen molar-refractivity contribution in [3.63, 3.8) is 0 Å². The quantitative estimate of drug-likeness (QED) is 0.692. The van der Waals surface area contributed by atoms with E-state index in [1.54, 1.807) is 30.2 Å². The van der Waals surface area contributed by atoms with E-state index in [0.717, 1.165) is 12.8 Å². The number of fused-ring (bicyclic) bond motifs is 1. The number of para-hydroxylation sites is 1. The summed E-state index contributed by atoms with van der Waals surface area (Å²) in [7, 11) is 0. The summed E-state index contributed by atoms with van der Waals surface area (Å²) in [5.41, 5.74) is 6.82. The minimum absolute atomic E-state index is 0.0614. The second kappa shape index (κ2) is 9.08. The van der Waals surface area contributed by atoms with Crippen molar-refractivity contribution in [2.24, 2.45) is 0 Å². The number of nitrogens with two attached hydrogens (primary N) is 1. The average molecular weight is 471 g/mol. The maximum atomic E-state index is 14.8. The SMILES string of the molecule is Cc1cccc(F)c1N1Cc2cnc(N)nc2N(C2CCCC(NC(=O)OC(C)(C)C)C2)C1=O. The second-order valence-electron chi connectivity index (χ2n) is 9.88. The summed E-state index contributed by atoms with van der Waals surface area (Å²) in [4.78, 5) is 37.6.